The van der Waals surface area contributed by atoms with E-state index in [0.717, 1.165) is 11.1 Å². The van der Waals surface area contributed by atoms with E-state index in [0.29, 0.717) is 68.8 Å². The molecule has 42 heavy (non-hydrogen) atoms. The molecule has 1 aliphatic carbocycles. The predicted octanol–water partition coefficient (Wildman–Crippen LogP) is 3.62. The van der Waals surface area contributed by atoms with Crippen LogP contribution in [0.25, 0.3) is 11.0 Å². The molecule has 3 aromatic rings. The molecule has 4 amide bonds. The Labute approximate surface area is 244 Å². The van der Waals surface area contributed by atoms with E-state index in [1.165, 1.54) is 0 Å². The number of nitrogens with one attached hydrogen (secondary N) is 2. The van der Waals surface area contributed by atoms with Gasteiger partial charge in [0, 0.05) is 50.6 Å². The number of furan rings is 1. The zero-order chi connectivity index (χ0) is 29.8. The number of amides is 4. The van der Waals surface area contributed by atoms with E-state index in [1.807, 2.05) is 13.0 Å². The summed E-state index contributed by atoms with van der Waals surface area (Å²) in [4.78, 5) is 59.8. The van der Waals surface area contributed by atoms with Crippen molar-refractivity contribution in [2.75, 3.05) is 51.0 Å². The minimum atomic E-state index is -0.552. The number of aromatic nitrogens is 1. The van der Waals surface area contributed by atoms with Gasteiger partial charge in [-0.25, -0.2) is 4.98 Å². The lowest BCUT2D eigenvalue weighted by Crippen LogP contribution is -2.41. The molecule has 1 saturated heterocycles. The fourth-order valence-electron chi connectivity index (χ4n) is 5.55. The van der Waals surface area contributed by atoms with Crippen LogP contribution in [0.3, 0.4) is 0 Å². The van der Waals surface area contributed by atoms with Gasteiger partial charge in [0.15, 0.2) is 0 Å². The molecule has 222 valence electrons. The number of hydrogen-bond donors (Lipinski definition) is 2. The number of carbonyl (C=O) groups excluding carboxylic acids is 4. The molecule has 1 saturated carbocycles. The molecular formula is C31H37N5O6. The normalized spacial score (nSPS) is 18.9. The smallest absolute Gasteiger partial charge is 0.294 e. The maximum atomic E-state index is 13.5. The third kappa shape index (κ3) is 6.62. The van der Waals surface area contributed by atoms with E-state index < -0.39 is 5.91 Å². The first kappa shape index (κ1) is 29.2. The monoisotopic (exact) mass is 575 g/mol. The van der Waals surface area contributed by atoms with Crippen molar-refractivity contribution in [2.24, 2.45) is 11.8 Å². The Morgan fingerprint density at radius 1 is 0.976 bits per heavy atom. The van der Waals surface area contributed by atoms with Gasteiger partial charge < -0.3 is 29.6 Å². The molecule has 5 rings (SSSR count). The lowest BCUT2D eigenvalue weighted by molar-refractivity contribution is -0.135. The molecule has 0 bridgehead atoms. The second-order valence-corrected chi connectivity index (χ2v) is 11.3. The van der Waals surface area contributed by atoms with Crippen LogP contribution in [-0.4, -0.2) is 78.8 Å². The van der Waals surface area contributed by atoms with E-state index in [4.69, 9.17) is 9.15 Å². The van der Waals surface area contributed by atoms with Crippen LogP contribution >= 0.6 is 0 Å². The van der Waals surface area contributed by atoms with Crippen molar-refractivity contribution in [3.63, 3.8) is 0 Å². The highest BCUT2D eigenvalue weighted by atomic mass is 16.5. The molecule has 2 aliphatic rings. The van der Waals surface area contributed by atoms with Gasteiger partial charge in [0.05, 0.1) is 19.6 Å². The maximum Gasteiger partial charge on any atom is 0.294 e. The Balaban J connectivity index is 1.40. The van der Waals surface area contributed by atoms with Crippen molar-refractivity contribution in [1.82, 2.24) is 14.8 Å². The minimum Gasteiger partial charge on any atom is -0.449 e. The lowest BCUT2D eigenvalue weighted by Gasteiger charge is -2.28. The number of hydrogen-bond acceptors (Lipinski definition) is 7. The minimum absolute atomic E-state index is 0.0147. The Morgan fingerprint density at radius 3 is 2.36 bits per heavy atom. The quantitative estimate of drug-likeness (QED) is 0.440. The Bertz CT molecular complexity index is 1470. The summed E-state index contributed by atoms with van der Waals surface area (Å²) in [5, 5.41) is 6.25. The molecule has 0 atom stereocenters. The lowest BCUT2D eigenvalue weighted by atomic mass is 9.81. The first-order chi connectivity index (χ1) is 20.2. The summed E-state index contributed by atoms with van der Waals surface area (Å²) in [6.45, 7) is 4.03. The number of pyridine rings is 1. The number of rotatable bonds is 7. The highest BCUT2D eigenvalue weighted by Crippen LogP contribution is 2.35. The molecule has 2 fully saturated rings. The van der Waals surface area contributed by atoms with E-state index in [2.05, 4.69) is 15.6 Å². The maximum absolute atomic E-state index is 13.5. The molecular weight excluding hydrogens is 538 g/mol. The summed E-state index contributed by atoms with van der Waals surface area (Å²) in [6, 6.07) is 8.82. The highest BCUT2D eigenvalue weighted by Gasteiger charge is 2.32. The van der Waals surface area contributed by atoms with Crippen LogP contribution < -0.4 is 10.6 Å². The summed E-state index contributed by atoms with van der Waals surface area (Å²) in [5.41, 5.74) is 2.36. The van der Waals surface area contributed by atoms with Crippen molar-refractivity contribution in [3.05, 3.63) is 53.4 Å². The van der Waals surface area contributed by atoms with Crippen LogP contribution in [0.5, 0.6) is 0 Å². The van der Waals surface area contributed by atoms with E-state index in [9.17, 15) is 19.2 Å². The number of benzene rings is 1. The average molecular weight is 576 g/mol. The Kier molecular flexibility index (Phi) is 8.86. The number of aryl methyl sites for hydroxylation is 1. The molecule has 2 N–H and O–H groups in total. The highest BCUT2D eigenvalue weighted by molar-refractivity contribution is 6.14. The van der Waals surface area contributed by atoms with Gasteiger partial charge in [-0.1, -0.05) is 12.1 Å². The third-order valence-electron chi connectivity index (χ3n) is 7.97. The molecule has 0 spiro atoms. The summed E-state index contributed by atoms with van der Waals surface area (Å²) in [7, 11) is 3.49. The number of carbonyl (C=O) groups is 4. The zero-order valence-electron chi connectivity index (χ0n) is 24.3. The first-order valence-corrected chi connectivity index (χ1v) is 14.4. The van der Waals surface area contributed by atoms with Gasteiger partial charge in [-0.05, 0) is 61.9 Å². The fourth-order valence-corrected chi connectivity index (χ4v) is 5.55. The summed E-state index contributed by atoms with van der Waals surface area (Å²) in [5.74, 6) is -0.806. The summed E-state index contributed by atoms with van der Waals surface area (Å²) < 4.78 is 11.3. The SMILES string of the molecule is Cc1ccc(NC(=O)c2oc3ccc(CC(=O)N4CCOCC4)cc3c2NC(=O)C2CCC(C(=O)N(C)C)CC2)nc1. The van der Waals surface area contributed by atoms with Crippen LogP contribution in [0.2, 0.25) is 0 Å². The standard InChI is InChI=1S/C31H37N5O6/c1-19-4-11-25(32-18-19)33-30(39)28-27(34-29(38)21-6-8-22(9-7-21)31(40)35(2)3)23-16-20(5-10-24(23)42-28)17-26(37)36-12-14-41-15-13-36/h4-5,10-11,16,18,21-22H,6-9,12-15,17H2,1-3H3,(H,34,38)(H,32,33,39). The molecule has 3 heterocycles. The number of morpholine rings is 1. The molecule has 11 heteroatoms. The van der Waals surface area contributed by atoms with Crippen molar-refractivity contribution in [1.29, 1.82) is 0 Å². The molecule has 2 aromatic heterocycles. The third-order valence-corrected chi connectivity index (χ3v) is 7.97. The second-order valence-electron chi connectivity index (χ2n) is 11.3. The first-order valence-electron chi connectivity index (χ1n) is 14.4. The van der Waals surface area contributed by atoms with Crippen LogP contribution in [-0.2, 0) is 25.5 Å². The zero-order valence-corrected chi connectivity index (χ0v) is 24.3. The van der Waals surface area contributed by atoms with Crippen LogP contribution in [0.4, 0.5) is 11.5 Å². The van der Waals surface area contributed by atoms with Crippen molar-refractivity contribution in [2.45, 2.75) is 39.0 Å². The summed E-state index contributed by atoms with van der Waals surface area (Å²) in [6.07, 6.45) is 4.21. The van der Waals surface area contributed by atoms with Crippen molar-refractivity contribution >= 4 is 46.1 Å². The molecule has 1 aliphatic heterocycles. The molecule has 0 unspecified atom stereocenters. The van der Waals surface area contributed by atoms with Crippen molar-refractivity contribution < 1.29 is 28.3 Å². The van der Waals surface area contributed by atoms with Crippen LogP contribution in [0.15, 0.2) is 40.9 Å². The number of fused-ring (bicyclic) bond motifs is 1. The number of anilines is 2. The van der Waals surface area contributed by atoms with Gasteiger partial charge in [-0.15, -0.1) is 0 Å². The van der Waals surface area contributed by atoms with Gasteiger partial charge in [-0.2, -0.15) is 0 Å². The van der Waals surface area contributed by atoms with Gasteiger partial charge in [0.1, 0.15) is 17.1 Å². The molecule has 1 aromatic carbocycles. The van der Waals surface area contributed by atoms with Gasteiger partial charge in [0.2, 0.25) is 23.5 Å². The van der Waals surface area contributed by atoms with Crippen molar-refractivity contribution in [3.8, 4) is 0 Å². The van der Waals surface area contributed by atoms with Crippen LogP contribution in [0.1, 0.15) is 47.4 Å². The number of nitrogens with zero attached hydrogens (tertiary/aromatic N) is 3. The van der Waals surface area contributed by atoms with E-state index >= 15 is 0 Å². The van der Waals surface area contributed by atoms with E-state index in [-0.39, 0.29) is 47.4 Å². The van der Waals surface area contributed by atoms with Gasteiger partial charge >= 0.3 is 0 Å². The predicted molar refractivity (Wildman–Crippen MR) is 157 cm³/mol. The van der Waals surface area contributed by atoms with Crippen LogP contribution in [0, 0.1) is 18.8 Å². The number of ether oxygens (including phenoxy) is 1. The Hall–Kier alpha value is -4.25. The largest absolute Gasteiger partial charge is 0.449 e. The van der Waals surface area contributed by atoms with E-state index in [1.54, 1.807) is 54.4 Å². The summed E-state index contributed by atoms with van der Waals surface area (Å²) >= 11 is 0. The van der Waals surface area contributed by atoms with Gasteiger partial charge in [0.25, 0.3) is 5.91 Å². The molecule has 11 nitrogen and oxygen atoms in total. The topological polar surface area (TPSA) is 134 Å². The second kappa shape index (κ2) is 12.7. The van der Waals surface area contributed by atoms with Gasteiger partial charge in [-0.3, -0.25) is 19.2 Å². The Morgan fingerprint density at radius 2 is 1.69 bits per heavy atom. The fraction of sp³-hybridized carbons (Fsp3) is 0.452. The molecule has 0 radical (unpaired) electrons. The average Bonchev–Trinajstić information content (AvgIpc) is 3.35.